The minimum absolute atomic E-state index is 0.0749. The van der Waals surface area contributed by atoms with Crippen LogP contribution in [-0.2, 0) is 24.3 Å². The summed E-state index contributed by atoms with van der Waals surface area (Å²) >= 11 is 1.49. The molecular weight excluding hydrogens is 388 g/mol. The molecule has 150 valence electrons. The van der Waals surface area contributed by atoms with Crippen LogP contribution in [0.1, 0.15) is 32.1 Å². The molecule has 9 heteroatoms. The van der Waals surface area contributed by atoms with Crippen molar-refractivity contribution in [1.29, 1.82) is 0 Å². The van der Waals surface area contributed by atoms with Crippen molar-refractivity contribution < 1.29 is 22.7 Å². The monoisotopic (exact) mass is 414 g/mol. The Balaban J connectivity index is 1.93. The summed E-state index contributed by atoms with van der Waals surface area (Å²) in [6, 6.07) is 6.93. The van der Waals surface area contributed by atoms with Crippen molar-refractivity contribution in [2.24, 2.45) is 0 Å². The van der Waals surface area contributed by atoms with Gasteiger partial charge in [0.05, 0.1) is 4.90 Å². The first-order valence-corrected chi connectivity index (χ1v) is 11.8. The van der Waals surface area contributed by atoms with Crippen molar-refractivity contribution in [1.82, 2.24) is 10.0 Å². The van der Waals surface area contributed by atoms with E-state index in [9.17, 15) is 18.0 Å². The van der Waals surface area contributed by atoms with E-state index in [-0.39, 0.29) is 23.3 Å². The van der Waals surface area contributed by atoms with Gasteiger partial charge in [-0.2, -0.15) is 16.5 Å². The zero-order valence-electron chi connectivity index (χ0n) is 15.3. The first-order valence-electron chi connectivity index (χ1n) is 8.94. The number of hydrogen-bond acceptors (Lipinski definition) is 6. The van der Waals surface area contributed by atoms with Gasteiger partial charge in [-0.3, -0.25) is 9.59 Å². The molecule has 1 aromatic carbocycles. The summed E-state index contributed by atoms with van der Waals surface area (Å²) in [6.45, 7) is -0.405. The average Bonchev–Trinajstić information content (AvgIpc) is 3.16. The van der Waals surface area contributed by atoms with Gasteiger partial charge >= 0.3 is 5.97 Å². The lowest BCUT2D eigenvalue weighted by Gasteiger charge is -2.18. The molecule has 0 aliphatic heterocycles. The van der Waals surface area contributed by atoms with E-state index in [1.807, 2.05) is 6.26 Å². The molecule has 1 saturated carbocycles. The molecule has 0 heterocycles. The van der Waals surface area contributed by atoms with Crippen LogP contribution in [0.15, 0.2) is 35.2 Å². The van der Waals surface area contributed by atoms with Gasteiger partial charge in [-0.05, 0) is 43.4 Å². The fraction of sp³-hybridized carbons (Fsp3) is 0.556. The van der Waals surface area contributed by atoms with Gasteiger partial charge in [0.25, 0.3) is 5.91 Å². The van der Waals surface area contributed by atoms with Gasteiger partial charge < -0.3 is 10.1 Å². The minimum atomic E-state index is -3.85. The number of carbonyl (C=O) groups excluding carboxylic acids is 2. The molecule has 0 bridgehead atoms. The molecule has 0 radical (unpaired) electrons. The molecule has 1 aliphatic carbocycles. The summed E-state index contributed by atoms with van der Waals surface area (Å²) in [5, 5.41) is 2.83. The molecule has 2 rings (SSSR count). The summed E-state index contributed by atoms with van der Waals surface area (Å²) < 4.78 is 32.4. The molecule has 1 aliphatic rings. The van der Waals surface area contributed by atoms with Crippen LogP contribution in [0.3, 0.4) is 0 Å². The average molecular weight is 415 g/mol. The second-order valence-corrected chi connectivity index (χ2v) is 9.12. The van der Waals surface area contributed by atoms with Crippen molar-refractivity contribution in [3.63, 3.8) is 0 Å². The molecule has 1 aromatic rings. The van der Waals surface area contributed by atoms with E-state index < -0.39 is 28.6 Å². The van der Waals surface area contributed by atoms with E-state index >= 15 is 0 Å². The zero-order valence-corrected chi connectivity index (χ0v) is 17.0. The molecule has 1 amide bonds. The second kappa shape index (κ2) is 10.7. The molecule has 0 unspecified atom stereocenters. The third-order valence-corrected chi connectivity index (χ3v) is 6.44. The number of sulfonamides is 1. The fourth-order valence-electron chi connectivity index (χ4n) is 2.89. The Bertz CT molecular complexity index is 719. The Kier molecular flexibility index (Phi) is 8.59. The van der Waals surface area contributed by atoms with Crippen molar-refractivity contribution in [2.45, 2.75) is 49.1 Å². The Hall–Kier alpha value is -1.58. The van der Waals surface area contributed by atoms with Crippen LogP contribution in [0.2, 0.25) is 0 Å². The van der Waals surface area contributed by atoms with Crippen LogP contribution >= 0.6 is 11.8 Å². The van der Waals surface area contributed by atoms with E-state index in [2.05, 4.69) is 10.0 Å². The Morgan fingerprint density at radius 1 is 1.22 bits per heavy atom. The van der Waals surface area contributed by atoms with Crippen LogP contribution in [-0.4, -0.2) is 51.0 Å². The lowest BCUT2D eigenvalue weighted by atomic mass is 10.2. The number of rotatable bonds is 10. The molecule has 2 N–H and O–H groups in total. The van der Waals surface area contributed by atoms with E-state index in [1.165, 1.54) is 23.9 Å². The number of hydrogen-bond donors (Lipinski definition) is 2. The highest BCUT2D eigenvalue weighted by molar-refractivity contribution is 7.98. The highest BCUT2D eigenvalue weighted by Crippen LogP contribution is 2.17. The summed E-state index contributed by atoms with van der Waals surface area (Å²) in [5.41, 5.74) is 0. The lowest BCUT2D eigenvalue weighted by molar-refractivity contribution is -0.150. The highest BCUT2D eigenvalue weighted by Gasteiger charge is 2.27. The summed E-state index contributed by atoms with van der Waals surface area (Å²) in [5.74, 6) is -0.527. The quantitative estimate of drug-likeness (QED) is 0.565. The van der Waals surface area contributed by atoms with E-state index in [4.69, 9.17) is 4.74 Å². The van der Waals surface area contributed by atoms with Crippen LogP contribution in [0, 0.1) is 0 Å². The van der Waals surface area contributed by atoms with Gasteiger partial charge in [0, 0.05) is 6.04 Å². The van der Waals surface area contributed by atoms with Gasteiger partial charge in [-0.1, -0.05) is 31.0 Å². The van der Waals surface area contributed by atoms with Crippen molar-refractivity contribution in [3.8, 4) is 0 Å². The number of amides is 1. The number of benzene rings is 1. The predicted octanol–water partition coefficient (Wildman–Crippen LogP) is 1.69. The lowest BCUT2D eigenvalue weighted by Crippen LogP contribution is -2.43. The SMILES string of the molecule is CSCC[C@H](NS(=O)(=O)c1ccccc1)C(=O)OCC(=O)NC1CCCC1. The van der Waals surface area contributed by atoms with Crippen LogP contribution in [0.5, 0.6) is 0 Å². The molecule has 7 nitrogen and oxygen atoms in total. The molecule has 0 spiro atoms. The Morgan fingerprint density at radius 3 is 2.52 bits per heavy atom. The summed E-state index contributed by atoms with van der Waals surface area (Å²) in [6.07, 6.45) is 6.19. The smallest absolute Gasteiger partial charge is 0.324 e. The maximum Gasteiger partial charge on any atom is 0.324 e. The molecule has 1 atom stereocenters. The number of thioether (sulfide) groups is 1. The van der Waals surface area contributed by atoms with Gasteiger partial charge in [0.2, 0.25) is 10.0 Å². The number of esters is 1. The molecule has 1 fully saturated rings. The van der Waals surface area contributed by atoms with Crippen molar-refractivity contribution in [2.75, 3.05) is 18.6 Å². The number of carbonyl (C=O) groups is 2. The minimum Gasteiger partial charge on any atom is -0.454 e. The molecule has 0 aromatic heterocycles. The second-order valence-electron chi connectivity index (χ2n) is 6.43. The maximum absolute atomic E-state index is 12.5. The van der Waals surface area contributed by atoms with Gasteiger partial charge in [0.15, 0.2) is 6.61 Å². The van der Waals surface area contributed by atoms with Crippen molar-refractivity contribution in [3.05, 3.63) is 30.3 Å². The summed E-state index contributed by atoms with van der Waals surface area (Å²) in [4.78, 5) is 24.4. The number of nitrogens with one attached hydrogen (secondary N) is 2. The topological polar surface area (TPSA) is 102 Å². The fourth-order valence-corrected chi connectivity index (χ4v) is 4.60. The van der Waals surface area contributed by atoms with E-state index in [1.54, 1.807) is 18.2 Å². The molecule has 0 saturated heterocycles. The number of ether oxygens (including phenoxy) is 1. The summed E-state index contributed by atoms with van der Waals surface area (Å²) in [7, 11) is -3.85. The predicted molar refractivity (Wildman–Crippen MR) is 105 cm³/mol. The normalized spacial score (nSPS) is 16.0. The zero-order chi connectivity index (χ0) is 19.7. The van der Waals surface area contributed by atoms with Crippen LogP contribution in [0.4, 0.5) is 0 Å². The molecule has 27 heavy (non-hydrogen) atoms. The third kappa shape index (κ3) is 7.15. The highest BCUT2D eigenvalue weighted by atomic mass is 32.2. The van der Waals surface area contributed by atoms with Gasteiger partial charge in [-0.15, -0.1) is 0 Å². The largest absolute Gasteiger partial charge is 0.454 e. The van der Waals surface area contributed by atoms with Crippen LogP contribution < -0.4 is 10.0 Å². The maximum atomic E-state index is 12.5. The third-order valence-electron chi connectivity index (χ3n) is 4.31. The standard InChI is InChI=1S/C18H26N2O5S2/c1-26-12-11-16(20-27(23,24)15-9-3-2-4-10-15)18(22)25-13-17(21)19-14-7-5-6-8-14/h2-4,9-10,14,16,20H,5-8,11-13H2,1H3,(H,19,21)/t16-/m0/s1. The van der Waals surface area contributed by atoms with Crippen LogP contribution in [0.25, 0.3) is 0 Å². The van der Waals surface area contributed by atoms with Gasteiger partial charge in [0.1, 0.15) is 6.04 Å². The Morgan fingerprint density at radius 2 is 1.89 bits per heavy atom. The first kappa shape index (κ1) is 21.7. The first-order chi connectivity index (χ1) is 12.9. The van der Waals surface area contributed by atoms with Crippen molar-refractivity contribution >= 4 is 33.7 Å². The van der Waals surface area contributed by atoms with E-state index in [0.717, 1.165) is 25.7 Å². The van der Waals surface area contributed by atoms with Gasteiger partial charge in [-0.25, -0.2) is 8.42 Å². The van der Waals surface area contributed by atoms with E-state index in [0.29, 0.717) is 5.75 Å². The molecular formula is C18H26N2O5S2. The Labute approximate surface area is 164 Å².